The summed E-state index contributed by atoms with van der Waals surface area (Å²) >= 11 is 0. The molecule has 1 aliphatic heterocycles. The van der Waals surface area contributed by atoms with Crippen LogP contribution in [0.25, 0.3) is 0 Å². The fourth-order valence-electron chi connectivity index (χ4n) is 1.03. The largest absolute Gasteiger partial charge is 0.398 e. The molecule has 1 fully saturated rings. The average Bonchev–Trinajstić information content (AvgIpc) is 2.71. The number of nitrogen functional groups attached to an aromatic ring is 1. The van der Waals surface area contributed by atoms with Gasteiger partial charge in [0.15, 0.2) is 0 Å². The Kier molecular flexibility index (Phi) is 1.14. The highest BCUT2D eigenvalue weighted by Gasteiger charge is 2.25. The van der Waals surface area contributed by atoms with E-state index in [4.69, 9.17) is 10.5 Å². The van der Waals surface area contributed by atoms with Crippen LogP contribution in [0.3, 0.4) is 0 Å². The lowest BCUT2D eigenvalue weighted by molar-refractivity contribution is 0.416. The molecule has 1 aliphatic rings. The van der Waals surface area contributed by atoms with E-state index in [1.807, 2.05) is 24.3 Å². The van der Waals surface area contributed by atoms with Crippen LogP contribution in [0.5, 0.6) is 0 Å². The van der Waals surface area contributed by atoms with Crippen LogP contribution in [0.4, 0.5) is 5.69 Å². The minimum atomic E-state index is 0.279. The van der Waals surface area contributed by atoms with E-state index in [0.717, 1.165) is 17.9 Å². The summed E-state index contributed by atoms with van der Waals surface area (Å²) in [4.78, 5) is 0. The second-order valence-electron chi connectivity index (χ2n) is 2.45. The van der Waals surface area contributed by atoms with E-state index >= 15 is 0 Å². The molecule has 2 heteroatoms. The van der Waals surface area contributed by atoms with Crippen molar-refractivity contribution in [3.8, 4) is 0 Å². The van der Waals surface area contributed by atoms with Gasteiger partial charge in [0.25, 0.3) is 0 Å². The Morgan fingerprint density at radius 1 is 1.40 bits per heavy atom. The highest BCUT2D eigenvalue weighted by atomic mass is 16.6. The van der Waals surface area contributed by atoms with Crippen molar-refractivity contribution in [1.29, 1.82) is 0 Å². The quantitative estimate of drug-likeness (QED) is 0.466. The summed E-state index contributed by atoms with van der Waals surface area (Å²) in [5.74, 6) is 0. The fourth-order valence-corrected chi connectivity index (χ4v) is 1.03. The van der Waals surface area contributed by atoms with Gasteiger partial charge in [-0.15, -0.1) is 0 Å². The van der Waals surface area contributed by atoms with Crippen molar-refractivity contribution in [2.24, 2.45) is 0 Å². The summed E-state index contributed by atoms with van der Waals surface area (Å²) in [5, 5.41) is 0. The Balaban J connectivity index is 2.39. The number of epoxide rings is 1. The molecule has 0 amide bonds. The summed E-state index contributed by atoms with van der Waals surface area (Å²) < 4.78 is 5.10. The van der Waals surface area contributed by atoms with Gasteiger partial charge in [0.05, 0.1) is 6.61 Å². The average molecular weight is 135 g/mol. The lowest BCUT2D eigenvalue weighted by Gasteiger charge is -1.98. The van der Waals surface area contributed by atoms with Gasteiger partial charge in [-0.1, -0.05) is 18.2 Å². The number of hydrogen-bond acceptors (Lipinski definition) is 2. The molecular weight excluding hydrogens is 126 g/mol. The number of rotatable bonds is 1. The van der Waals surface area contributed by atoms with Crippen molar-refractivity contribution in [3.63, 3.8) is 0 Å². The SMILES string of the molecule is Nc1ccccc1C1CO1. The number of anilines is 1. The second-order valence-corrected chi connectivity index (χ2v) is 2.45. The van der Waals surface area contributed by atoms with Crippen LogP contribution in [0.2, 0.25) is 0 Å². The van der Waals surface area contributed by atoms with Gasteiger partial charge >= 0.3 is 0 Å². The first-order chi connectivity index (χ1) is 4.88. The molecule has 2 rings (SSSR count). The molecule has 0 spiro atoms. The molecule has 1 heterocycles. The molecule has 1 atom stereocenters. The van der Waals surface area contributed by atoms with Crippen molar-refractivity contribution in [2.75, 3.05) is 12.3 Å². The molecule has 0 saturated carbocycles. The predicted molar refractivity (Wildman–Crippen MR) is 39.5 cm³/mol. The third-order valence-corrected chi connectivity index (χ3v) is 1.68. The molecule has 0 bridgehead atoms. The molecule has 1 aromatic carbocycles. The zero-order valence-electron chi connectivity index (χ0n) is 5.58. The Bertz CT molecular complexity index is 243. The van der Waals surface area contributed by atoms with Gasteiger partial charge in [0.1, 0.15) is 6.10 Å². The number of ether oxygens (including phenoxy) is 1. The summed E-state index contributed by atoms with van der Waals surface area (Å²) in [7, 11) is 0. The van der Waals surface area contributed by atoms with Crippen LogP contribution < -0.4 is 5.73 Å². The molecule has 10 heavy (non-hydrogen) atoms. The zero-order chi connectivity index (χ0) is 6.97. The molecule has 2 nitrogen and oxygen atoms in total. The maximum atomic E-state index is 5.68. The topological polar surface area (TPSA) is 38.5 Å². The summed E-state index contributed by atoms with van der Waals surface area (Å²) in [6, 6.07) is 7.82. The summed E-state index contributed by atoms with van der Waals surface area (Å²) in [5.41, 5.74) is 7.65. The molecule has 1 unspecified atom stereocenters. The number of nitrogens with two attached hydrogens (primary N) is 1. The number of para-hydroxylation sites is 1. The molecule has 0 aromatic heterocycles. The smallest absolute Gasteiger partial charge is 0.108 e. The van der Waals surface area contributed by atoms with Crippen LogP contribution in [0.15, 0.2) is 24.3 Å². The molecule has 2 N–H and O–H groups in total. The first kappa shape index (κ1) is 5.74. The van der Waals surface area contributed by atoms with E-state index < -0.39 is 0 Å². The Morgan fingerprint density at radius 3 is 2.70 bits per heavy atom. The fraction of sp³-hybridized carbons (Fsp3) is 0.250. The first-order valence-corrected chi connectivity index (χ1v) is 3.34. The minimum Gasteiger partial charge on any atom is -0.398 e. The van der Waals surface area contributed by atoms with Gasteiger partial charge in [-0.3, -0.25) is 0 Å². The zero-order valence-corrected chi connectivity index (χ0v) is 5.58. The highest BCUT2D eigenvalue weighted by Crippen LogP contribution is 2.32. The van der Waals surface area contributed by atoms with Crippen molar-refractivity contribution in [2.45, 2.75) is 6.10 Å². The van der Waals surface area contributed by atoms with E-state index in [9.17, 15) is 0 Å². The monoisotopic (exact) mass is 135 g/mol. The van der Waals surface area contributed by atoms with Crippen LogP contribution in [0.1, 0.15) is 11.7 Å². The summed E-state index contributed by atoms with van der Waals surface area (Å²) in [6.07, 6.45) is 0.279. The van der Waals surface area contributed by atoms with Gasteiger partial charge in [-0.05, 0) is 6.07 Å². The van der Waals surface area contributed by atoms with E-state index in [1.165, 1.54) is 0 Å². The molecule has 0 aliphatic carbocycles. The third-order valence-electron chi connectivity index (χ3n) is 1.68. The highest BCUT2D eigenvalue weighted by molar-refractivity contribution is 5.48. The second kappa shape index (κ2) is 1.99. The Labute approximate surface area is 59.6 Å². The number of hydrogen-bond donors (Lipinski definition) is 1. The third kappa shape index (κ3) is 0.866. The first-order valence-electron chi connectivity index (χ1n) is 3.34. The Hall–Kier alpha value is -1.02. The van der Waals surface area contributed by atoms with Gasteiger partial charge < -0.3 is 10.5 Å². The van der Waals surface area contributed by atoms with Crippen LogP contribution >= 0.6 is 0 Å². The van der Waals surface area contributed by atoms with E-state index in [1.54, 1.807) is 0 Å². The standard InChI is InChI=1S/C8H9NO/c9-7-4-2-1-3-6(7)8-5-10-8/h1-4,8H,5,9H2. The van der Waals surface area contributed by atoms with Crippen LogP contribution in [-0.4, -0.2) is 6.61 Å². The minimum absolute atomic E-state index is 0.279. The lowest BCUT2D eigenvalue weighted by atomic mass is 10.1. The maximum absolute atomic E-state index is 5.68. The van der Waals surface area contributed by atoms with E-state index in [-0.39, 0.29) is 6.10 Å². The molecule has 52 valence electrons. The van der Waals surface area contributed by atoms with Crippen molar-refractivity contribution in [3.05, 3.63) is 29.8 Å². The lowest BCUT2D eigenvalue weighted by Crippen LogP contribution is -1.91. The maximum Gasteiger partial charge on any atom is 0.108 e. The van der Waals surface area contributed by atoms with Gasteiger partial charge in [0, 0.05) is 11.3 Å². The van der Waals surface area contributed by atoms with Crippen LogP contribution in [0, 0.1) is 0 Å². The molecule has 0 radical (unpaired) electrons. The number of benzene rings is 1. The molecule has 1 saturated heterocycles. The van der Waals surface area contributed by atoms with Gasteiger partial charge in [-0.2, -0.15) is 0 Å². The molecular formula is C8H9NO. The van der Waals surface area contributed by atoms with Gasteiger partial charge in [-0.25, -0.2) is 0 Å². The van der Waals surface area contributed by atoms with Crippen molar-refractivity contribution < 1.29 is 4.74 Å². The normalized spacial score (nSPS) is 22.6. The van der Waals surface area contributed by atoms with Crippen LogP contribution in [-0.2, 0) is 4.74 Å². The summed E-state index contributed by atoms with van der Waals surface area (Å²) in [6.45, 7) is 0.828. The van der Waals surface area contributed by atoms with Gasteiger partial charge in [0.2, 0.25) is 0 Å². The van der Waals surface area contributed by atoms with Crippen molar-refractivity contribution in [1.82, 2.24) is 0 Å². The van der Waals surface area contributed by atoms with E-state index in [2.05, 4.69) is 0 Å². The van der Waals surface area contributed by atoms with E-state index in [0.29, 0.717) is 0 Å². The predicted octanol–water partition coefficient (Wildman–Crippen LogP) is 1.34. The molecule has 1 aromatic rings. The van der Waals surface area contributed by atoms with Crippen molar-refractivity contribution >= 4 is 5.69 Å². The Morgan fingerprint density at radius 2 is 2.10 bits per heavy atom.